The number of carbonyl (C=O) groups is 1. The summed E-state index contributed by atoms with van der Waals surface area (Å²) in [5.41, 5.74) is 3.82. The van der Waals surface area contributed by atoms with Gasteiger partial charge in [-0.3, -0.25) is 0 Å². The van der Waals surface area contributed by atoms with Crippen molar-refractivity contribution in [3.05, 3.63) is 65.7 Å². The Morgan fingerprint density at radius 1 is 1.17 bits per heavy atom. The second-order valence-electron chi connectivity index (χ2n) is 6.95. The standard InChI is InChI=1S/C20H22N2O2/c23-19(24)22-11-10-20(14-21-18-9-5-4-8-17(18)20)13-16(22)12-15-6-2-1-3-7-15/h1-9,16,21H,10-14H2,(H,23,24). The van der Waals surface area contributed by atoms with Crippen molar-refractivity contribution in [1.82, 2.24) is 4.90 Å². The van der Waals surface area contributed by atoms with Gasteiger partial charge in [0.2, 0.25) is 0 Å². The molecule has 1 saturated heterocycles. The predicted molar refractivity (Wildman–Crippen MR) is 94.5 cm³/mol. The Kier molecular flexibility index (Phi) is 3.68. The fourth-order valence-electron chi connectivity index (χ4n) is 4.37. The number of carboxylic acid groups (broad SMARTS) is 1. The van der Waals surface area contributed by atoms with E-state index in [2.05, 4.69) is 41.7 Å². The molecule has 2 aliphatic heterocycles. The first-order valence-electron chi connectivity index (χ1n) is 8.55. The lowest BCUT2D eigenvalue weighted by Crippen LogP contribution is -2.52. The summed E-state index contributed by atoms with van der Waals surface area (Å²) in [6.45, 7) is 1.51. The van der Waals surface area contributed by atoms with Gasteiger partial charge in [0.05, 0.1) is 0 Å². The Morgan fingerprint density at radius 2 is 1.92 bits per heavy atom. The number of nitrogens with one attached hydrogen (secondary N) is 1. The summed E-state index contributed by atoms with van der Waals surface area (Å²) < 4.78 is 0. The van der Waals surface area contributed by atoms with E-state index in [1.165, 1.54) is 16.8 Å². The van der Waals surface area contributed by atoms with Crippen molar-refractivity contribution in [2.24, 2.45) is 0 Å². The highest BCUT2D eigenvalue weighted by Gasteiger charge is 2.46. The Hall–Kier alpha value is -2.49. The summed E-state index contributed by atoms with van der Waals surface area (Å²) in [6, 6.07) is 18.7. The largest absolute Gasteiger partial charge is 0.465 e. The zero-order valence-electron chi connectivity index (χ0n) is 13.6. The lowest BCUT2D eigenvalue weighted by Gasteiger charge is -2.44. The monoisotopic (exact) mass is 322 g/mol. The highest BCUT2D eigenvalue weighted by Crippen LogP contribution is 2.46. The molecule has 0 aromatic heterocycles. The van der Waals surface area contributed by atoms with Crippen molar-refractivity contribution >= 4 is 11.8 Å². The van der Waals surface area contributed by atoms with Crippen LogP contribution in [0, 0.1) is 0 Å². The van der Waals surface area contributed by atoms with E-state index in [0.29, 0.717) is 6.54 Å². The molecular formula is C20H22N2O2. The first-order valence-corrected chi connectivity index (χ1v) is 8.55. The number of benzene rings is 2. The molecule has 2 N–H and O–H groups in total. The fraction of sp³-hybridized carbons (Fsp3) is 0.350. The van der Waals surface area contributed by atoms with Crippen molar-refractivity contribution in [3.63, 3.8) is 0 Å². The van der Waals surface area contributed by atoms with E-state index in [1.54, 1.807) is 4.90 Å². The highest BCUT2D eigenvalue weighted by atomic mass is 16.4. The predicted octanol–water partition coefficient (Wildman–Crippen LogP) is 3.74. The number of para-hydroxylation sites is 1. The van der Waals surface area contributed by atoms with Crippen LogP contribution in [0.15, 0.2) is 54.6 Å². The maximum atomic E-state index is 11.7. The van der Waals surface area contributed by atoms with Crippen LogP contribution in [0.1, 0.15) is 24.0 Å². The fourth-order valence-corrected chi connectivity index (χ4v) is 4.37. The molecule has 2 aliphatic rings. The van der Waals surface area contributed by atoms with Gasteiger partial charge in [-0.05, 0) is 36.5 Å². The van der Waals surface area contributed by atoms with E-state index in [1.807, 2.05) is 18.2 Å². The van der Waals surface area contributed by atoms with E-state index >= 15 is 0 Å². The van der Waals surface area contributed by atoms with E-state index < -0.39 is 6.09 Å². The van der Waals surface area contributed by atoms with Gasteiger partial charge in [0, 0.05) is 30.2 Å². The number of rotatable bonds is 2. The van der Waals surface area contributed by atoms with Crippen LogP contribution in [0.4, 0.5) is 10.5 Å². The summed E-state index contributed by atoms with van der Waals surface area (Å²) in [6.07, 6.45) is 1.73. The third-order valence-corrected chi connectivity index (χ3v) is 5.57. The number of hydrogen-bond donors (Lipinski definition) is 2. The normalized spacial score (nSPS) is 25.3. The summed E-state index contributed by atoms with van der Waals surface area (Å²) in [5.74, 6) is 0. The van der Waals surface area contributed by atoms with Crippen LogP contribution in [-0.4, -0.2) is 35.2 Å². The van der Waals surface area contributed by atoms with Crippen LogP contribution in [0.5, 0.6) is 0 Å². The molecule has 4 heteroatoms. The molecule has 2 atom stereocenters. The highest BCUT2D eigenvalue weighted by molar-refractivity contribution is 5.67. The Bertz CT molecular complexity index is 746. The molecule has 0 radical (unpaired) electrons. The van der Waals surface area contributed by atoms with E-state index in [4.69, 9.17) is 0 Å². The van der Waals surface area contributed by atoms with Crippen LogP contribution in [0.2, 0.25) is 0 Å². The average molecular weight is 322 g/mol. The number of hydrogen-bond acceptors (Lipinski definition) is 2. The van der Waals surface area contributed by atoms with Gasteiger partial charge in [-0.15, -0.1) is 0 Å². The molecule has 2 aromatic rings. The Morgan fingerprint density at radius 3 is 2.71 bits per heavy atom. The maximum Gasteiger partial charge on any atom is 0.407 e. The van der Waals surface area contributed by atoms with Gasteiger partial charge in [-0.2, -0.15) is 0 Å². The molecule has 1 fully saturated rings. The van der Waals surface area contributed by atoms with Gasteiger partial charge in [0.15, 0.2) is 0 Å². The number of amides is 1. The first-order chi connectivity index (χ1) is 11.7. The molecule has 0 saturated carbocycles. The molecule has 1 spiro atoms. The average Bonchev–Trinajstić information content (AvgIpc) is 2.94. The molecule has 0 aliphatic carbocycles. The van der Waals surface area contributed by atoms with Crippen LogP contribution in [0.25, 0.3) is 0 Å². The molecule has 24 heavy (non-hydrogen) atoms. The second kappa shape index (κ2) is 5.86. The third-order valence-electron chi connectivity index (χ3n) is 5.57. The Balaban J connectivity index is 1.64. The molecule has 1 amide bonds. The summed E-state index contributed by atoms with van der Waals surface area (Å²) in [7, 11) is 0. The van der Waals surface area contributed by atoms with Gasteiger partial charge in [-0.1, -0.05) is 48.5 Å². The quantitative estimate of drug-likeness (QED) is 0.885. The van der Waals surface area contributed by atoms with E-state index in [-0.39, 0.29) is 11.5 Å². The number of piperidine rings is 1. The van der Waals surface area contributed by atoms with Crippen molar-refractivity contribution in [1.29, 1.82) is 0 Å². The van der Waals surface area contributed by atoms with Crippen molar-refractivity contribution in [3.8, 4) is 0 Å². The minimum absolute atomic E-state index is 0.0200. The van der Waals surface area contributed by atoms with Crippen LogP contribution < -0.4 is 5.32 Å². The summed E-state index contributed by atoms with van der Waals surface area (Å²) >= 11 is 0. The Labute approximate surface area is 142 Å². The number of fused-ring (bicyclic) bond motifs is 2. The maximum absolute atomic E-state index is 11.7. The second-order valence-corrected chi connectivity index (χ2v) is 6.95. The van der Waals surface area contributed by atoms with Crippen LogP contribution >= 0.6 is 0 Å². The van der Waals surface area contributed by atoms with Crippen molar-refractivity contribution < 1.29 is 9.90 Å². The molecular weight excluding hydrogens is 300 g/mol. The van der Waals surface area contributed by atoms with E-state index in [9.17, 15) is 9.90 Å². The minimum atomic E-state index is -0.801. The van der Waals surface area contributed by atoms with Gasteiger partial charge in [0.25, 0.3) is 0 Å². The summed E-state index contributed by atoms with van der Waals surface area (Å²) in [5, 5.41) is 13.1. The van der Waals surface area contributed by atoms with Crippen LogP contribution in [0.3, 0.4) is 0 Å². The number of likely N-dealkylation sites (tertiary alicyclic amines) is 1. The molecule has 2 aromatic carbocycles. The van der Waals surface area contributed by atoms with Gasteiger partial charge in [0.1, 0.15) is 0 Å². The topological polar surface area (TPSA) is 52.6 Å². The van der Waals surface area contributed by atoms with Gasteiger partial charge in [-0.25, -0.2) is 4.79 Å². The van der Waals surface area contributed by atoms with E-state index in [0.717, 1.165) is 25.8 Å². The SMILES string of the molecule is O=C(O)N1CCC2(CNc3ccccc32)CC1Cc1ccccc1. The molecule has 124 valence electrons. The summed E-state index contributed by atoms with van der Waals surface area (Å²) in [4.78, 5) is 13.4. The molecule has 2 unspecified atom stereocenters. The molecule has 4 nitrogen and oxygen atoms in total. The molecule has 2 heterocycles. The first kappa shape index (κ1) is 15.1. The smallest absolute Gasteiger partial charge is 0.407 e. The lowest BCUT2D eigenvalue weighted by atomic mass is 9.71. The van der Waals surface area contributed by atoms with Crippen molar-refractivity contribution in [2.45, 2.75) is 30.7 Å². The zero-order chi connectivity index (χ0) is 16.6. The lowest BCUT2D eigenvalue weighted by molar-refractivity contribution is 0.0830. The molecule has 4 rings (SSSR count). The number of anilines is 1. The zero-order valence-corrected chi connectivity index (χ0v) is 13.6. The number of nitrogens with zero attached hydrogens (tertiary/aromatic N) is 1. The van der Waals surface area contributed by atoms with Crippen molar-refractivity contribution in [2.75, 3.05) is 18.4 Å². The van der Waals surface area contributed by atoms with Gasteiger partial charge < -0.3 is 15.3 Å². The van der Waals surface area contributed by atoms with Gasteiger partial charge >= 0.3 is 6.09 Å². The molecule has 0 bridgehead atoms. The minimum Gasteiger partial charge on any atom is -0.465 e. The third kappa shape index (κ3) is 2.52. The van der Waals surface area contributed by atoms with Crippen LogP contribution in [-0.2, 0) is 11.8 Å².